The molecule has 0 spiro atoms. The molecule has 2 amide bonds. The van der Waals surface area contributed by atoms with Gasteiger partial charge < -0.3 is 34.9 Å². The molecule has 4 aromatic carbocycles. The molecule has 0 aliphatic carbocycles. The fourth-order valence-corrected chi connectivity index (χ4v) is 6.28. The summed E-state index contributed by atoms with van der Waals surface area (Å²) in [5, 5.41) is 23.7. The third-order valence-electron chi connectivity index (χ3n) is 8.89. The van der Waals surface area contributed by atoms with Gasteiger partial charge in [0, 0.05) is 54.3 Å². The number of rotatable bonds is 16. The highest BCUT2D eigenvalue weighted by Gasteiger charge is 2.20. The van der Waals surface area contributed by atoms with Gasteiger partial charge in [-0.05, 0) is 28.8 Å². The van der Waals surface area contributed by atoms with E-state index in [1.54, 1.807) is 60.7 Å². The van der Waals surface area contributed by atoms with Crippen molar-refractivity contribution in [1.82, 2.24) is 20.6 Å². The van der Waals surface area contributed by atoms with Crippen LogP contribution in [0.15, 0.2) is 144 Å². The molecule has 318 valence electrons. The van der Waals surface area contributed by atoms with Gasteiger partial charge in [0.25, 0.3) is 11.8 Å². The summed E-state index contributed by atoms with van der Waals surface area (Å²) >= 11 is 12.7. The van der Waals surface area contributed by atoms with E-state index < -0.39 is 12.0 Å². The number of hydrogen-bond donors (Lipinski definition) is 3. The molecular formula is C46H42Cl2N6O8. The van der Waals surface area contributed by atoms with Crippen molar-refractivity contribution in [3.05, 3.63) is 188 Å². The van der Waals surface area contributed by atoms with Gasteiger partial charge in [-0.1, -0.05) is 143 Å². The molecule has 0 aliphatic rings. The van der Waals surface area contributed by atoms with Crippen LogP contribution >= 0.6 is 23.2 Å². The lowest BCUT2D eigenvalue weighted by Crippen LogP contribution is -2.29. The summed E-state index contributed by atoms with van der Waals surface area (Å²) in [5.74, 6) is -0.575. The zero-order valence-electron chi connectivity index (χ0n) is 34.0. The molecule has 0 fully saturated rings. The van der Waals surface area contributed by atoms with E-state index in [4.69, 9.17) is 42.4 Å². The number of nitrogens with one attached hydrogen (secondary N) is 2. The maximum atomic E-state index is 12.6. The zero-order valence-corrected chi connectivity index (χ0v) is 35.6. The molecule has 2 aromatic heterocycles. The van der Waals surface area contributed by atoms with E-state index in [1.807, 2.05) is 54.6 Å². The van der Waals surface area contributed by atoms with Gasteiger partial charge in [-0.3, -0.25) is 14.4 Å². The topological polar surface area (TPSA) is 183 Å². The van der Waals surface area contributed by atoms with Crippen molar-refractivity contribution in [2.24, 2.45) is 10.3 Å². The standard InChI is InChI=1S/C23H22ClN3O4.C23H20ClN3O4/c2*1-25-22(29)20(27-30-2)18-11-7-6-10-16(18)14-31-23-19(24)12-17(13-26-23)21(28)15-8-4-3-5-9-15/h3-13,21,28H,14H2,1-2H3,(H,25,29);3-13H,14H2,1-2H3,(H,25,29)/b2*27-20+. The zero-order chi connectivity index (χ0) is 44.4. The molecule has 1 unspecified atom stereocenters. The summed E-state index contributed by atoms with van der Waals surface area (Å²) in [4.78, 5) is 55.0. The van der Waals surface area contributed by atoms with Crippen molar-refractivity contribution in [2.45, 2.75) is 19.3 Å². The second-order valence-electron chi connectivity index (χ2n) is 12.9. The minimum Gasteiger partial charge on any atom is -0.472 e. The molecule has 0 bridgehead atoms. The van der Waals surface area contributed by atoms with Crippen molar-refractivity contribution in [3.8, 4) is 11.8 Å². The summed E-state index contributed by atoms with van der Waals surface area (Å²) in [5.41, 5.74) is 4.95. The van der Waals surface area contributed by atoms with Gasteiger partial charge in [-0.15, -0.1) is 0 Å². The number of pyridine rings is 2. The SMILES string of the molecule is CNC(=O)/C(=N/OC)c1ccccc1COc1ncc(C(=O)c2ccccc2)cc1Cl.CNC(=O)/C(=N/OC)c1ccccc1COc1ncc(C(O)c2ccccc2)cc1Cl. The van der Waals surface area contributed by atoms with Crippen molar-refractivity contribution < 1.29 is 38.6 Å². The number of nitrogens with zero attached hydrogens (tertiary/aromatic N) is 4. The van der Waals surface area contributed by atoms with Crippen LogP contribution in [0.1, 0.15) is 55.4 Å². The maximum absolute atomic E-state index is 12.6. The van der Waals surface area contributed by atoms with Gasteiger partial charge >= 0.3 is 0 Å². The Morgan fingerprint density at radius 2 is 1.06 bits per heavy atom. The van der Waals surface area contributed by atoms with E-state index in [2.05, 4.69) is 30.9 Å². The molecule has 0 radical (unpaired) electrons. The Balaban J connectivity index is 0.000000234. The predicted octanol–water partition coefficient (Wildman–Crippen LogP) is 7.13. The summed E-state index contributed by atoms with van der Waals surface area (Å²) in [6, 6.07) is 35.5. The van der Waals surface area contributed by atoms with Crippen LogP contribution in [0, 0.1) is 0 Å². The monoisotopic (exact) mass is 876 g/mol. The minimum absolute atomic E-state index is 0.0780. The number of aromatic nitrogens is 2. The van der Waals surface area contributed by atoms with Crippen LogP contribution in [0.4, 0.5) is 0 Å². The molecule has 16 heteroatoms. The van der Waals surface area contributed by atoms with Crippen LogP contribution < -0.4 is 20.1 Å². The third-order valence-corrected chi connectivity index (χ3v) is 9.43. The lowest BCUT2D eigenvalue weighted by atomic mass is 10.0. The fraction of sp³-hybridized carbons (Fsp3) is 0.152. The highest BCUT2D eigenvalue weighted by atomic mass is 35.5. The first-order chi connectivity index (χ1) is 30.1. The second-order valence-corrected chi connectivity index (χ2v) is 13.7. The smallest absolute Gasteiger partial charge is 0.273 e. The molecule has 62 heavy (non-hydrogen) atoms. The first-order valence-electron chi connectivity index (χ1n) is 18.8. The number of aliphatic hydroxyl groups is 1. The Morgan fingerprint density at radius 3 is 1.53 bits per heavy atom. The highest BCUT2D eigenvalue weighted by Crippen LogP contribution is 2.29. The predicted molar refractivity (Wildman–Crippen MR) is 236 cm³/mol. The average molecular weight is 878 g/mol. The number of aliphatic hydroxyl groups excluding tert-OH is 1. The van der Waals surface area contributed by atoms with Crippen molar-refractivity contribution >= 4 is 52.2 Å². The van der Waals surface area contributed by atoms with Crippen molar-refractivity contribution in [3.63, 3.8) is 0 Å². The lowest BCUT2D eigenvalue weighted by molar-refractivity contribution is -0.115. The van der Waals surface area contributed by atoms with E-state index in [9.17, 15) is 19.5 Å². The number of carbonyl (C=O) groups is 3. The first kappa shape index (κ1) is 45.9. The summed E-state index contributed by atoms with van der Waals surface area (Å²) < 4.78 is 11.6. The Bertz CT molecular complexity index is 2540. The number of carbonyl (C=O) groups excluding carboxylic acids is 3. The van der Waals surface area contributed by atoms with Gasteiger partial charge in [0.05, 0.1) is 0 Å². The van der Waals surface area contributed by atoms with Crippen LogP contribution in [0.5, 0.6) is 11.8 Å². The molecule has 6 aromatic rings. The molecule has 1 atom stereocenters. The summed E-state index contributed by atoms with van der Waals surface area (Å²) in [6.07, 6.45) is 2.10. The van der Waals surface area contributed by atoms with E-state index in [0.29, 0.717) is 38.9 Å². The molecule has 6 rings (SSSR count). The number of amides is 2. The number of oxime groups is 2. The highest BCUT2D eigenvalue weighted by molar-refractivity contribution is 6.46. The van der Waals surface area contributed by atoms with Gasteiger partial charge in [0.2, 0.25) is 11.8 Å². The van der Waals surface area contributed by atoms with Crippen LogP contribution in [-0.2, 0) is 32.5 Å². The molecule has 2 heterocycles. The van der Waals surface area contributed by atoms with Gasteiger partial charge in [0.15, 0.2) is 17.2 Å². The third kappa shape index (κ3) is 12.0. The molecule has 0 aliphatic heterocycles. The van der Waals surface area contributed by atoms with Crippen LogP contribution in [0.25, 0.3) is 0 Å². The average Bonchev–Trinajstić information content (AvgIpc) is 3.31. The van der Waals surface area contributed by atoms with E-state index in [1.165, 1.54) is 46.8 Å². The Morgan fingerprint density at radius 1 is 0.613 bits per heavy atom. The number of ketones is 1. The number of hydrogen-bond acceptors (Lipinski definition) is 12. The number of benzene rings is 4. The van der Waals surface area contributed by atoms with Crippen molar-refractivity contribution in [1.29, 1.82) is 0 Å². The Kier molecular flexibility index (Phi) is 17.1. The fourth-order valence-electron chi connectivity index (χ4n) is 5.83. The molecule has 3 N–H and O–H groups in total. The van der Waals surface area contributed by atoms with Gasteiger partial charge in [-0.2, -0.15) is 0 Å². The quantitative estimate of drug-likeness (QED) is 0.0514. The number of likely N-dealkylation sites (N-methyl/N-ethyl adjacent to an activating group) is 2. The lowest BCUT2D eigenvalue weighted by Gasteiger charge is -2.14. The van der Waals surface area contributed by atoms with E-state index in [0.717, 1.165) is 5.56 Å². The first-order valence-corrected chi connectivity index (χ1v) is 19.6. The number of halogens is 2. The molecule has 0 saturated carbocycles. The van der Waals surface area contributed by atoms with E-state index >= 15 is 0 Å². The van der Waals surface area contributed by atoms with Crippen LogP contribution in [-0.4, -0.2) is 72.4 Å². The van der Waals surface area contributed by atoms with Gasteiger partial charge in [0.1, 0.15) is 43.6 Å². The largest absolute Gasteiger partial charge is 0.472 e. The van der Waals surface area contributed by atoms with Crippen LogP contribution in [0.3, 0.4) is 0 Å². The van der Waals surface area contributed by atoms with Gasteiger partial charge in [-0.25, -0.2) is 9.97 Å². The number of ether oxygens (including phenoxy) is 2. The Hall–Kier alpha value is -7.13. The second kappa shape index (κ2) is 23.0. The molecular weight excluding hydrogens is 835 g/mol. The van der Waals surface area contributed by atoms with E-state index in [-0.39, 0.29) is 58.1 Å². The Labute approximate surface area is 368 Å². The summed E-state index contributed by atoms with van der Waals surface area (Å²) in [7, 11) is 5.76. The molecule has 14 nitrogen and oxygen atoms in total. The normalized spacial score (nSPS) is 11.6. The summed E-state index contributed by atoms with van der Waals surface area (Å²) in [6.45, 7) is 0.178. The van der Waals surface area contributed by atoms with Crippen LogP contribution in [0.2, 0.25) is 10.0 Å². The minimum atomic E-state index is -0.846. The van der Waals surface area contributed by atoms with Crippen molar-refractivity contribution in [2.75, 3.05) is 28.3 Å². The molecule has 0 saturated heterocycles. The maximum Gasteiger partial charge on any atom is 0.273 e.